The summed E-state index contributed by atoms with van der Waals surface area (Å²) in [6, 6.07) is 11.4. The van der Waals surface area contributed by atoms with Gasteiger partial charge < -0.3 is 20.3 Å². The number of benzene rings is 1. The lowest BCUT2D eigenvalue weighted by Crippen LogP contribution is -2.50. The number of nitrogens with one attached hydrogen (secondary N) is 2. The summed E-state index contributed by atoms with van der Waals surface area (Å²) in [6.45, 7) is 5.14. The van der Waals surface area contributed by atoms with Crippen LogP contribution in [0.1, 0.15) is 31.2 Å². The van der Waals surface area contributed by atoms with Crippen LogP contribution in [0.3, 0.4) is 0 Å². The van der Waals surface area contributed by atoms with Gasteiger partial charge in [0.2, 0.25) is 0 Å². The summed E-state index contributed by atoms with van der Waals surface area (Å²) < 4.78 is 5.18. The molecule has 1 saturated carbocycles. The van der Waals surface area contributed by atoms with E-state index in [4.69, 9.17) is 4.74 Å². The first-order valence-corrected chi connectivity index (χ1v) is 9.95. The summed E-state index contributed by atoms with van der Waals surface area (Å²) in [4.78, 5) is 6.93. The lowest BCUT2D eigenvalue weighted by molar-refractivity contribution is 0.128. The van der Waals surface area contributed by atoms with Gasteiger partial charge in [-0.3, -0.25) is 4.99 Å². The monoisotopic (exact) mass is 486 g/mol. The third-order valence-electron chi connectivity index (χ3n) is 5.77. The van der Waals surface area contributed by atoms with E-state index in [0.29, 0.717) is 11.5 Å². The molecule has 2 fully saturated rings. The second kappa shape index (κ2) is 11.2. The van der Waals surface area contributed by atoms with E-state index in [-0.39, 0.29) is 24.0 Å². The molecule has 2 aliphatic rings. The van der Waals surface area contributed by atoms with E-state index in [9.17, 15) is 0 Å². The maximum Gasteiger partial charge on any atom is 0.191 e. The maximum absolute atomic E-state index is 5.18. The molecule has 1 aromatic rings. The zero-order valence-corrected chi connectivity index (χ0v) is 19.1. The van der Waals surface area contributed by atoms with Gasteiger partial charge in [0.05, 0.1) is 6.61 Å². The van der Waals surface area contributed by atoms with Gasteiger partial charge in [0.25, 0.3) is 0 Å². The topological polar surface area (TPSA) is 48.9 Å². The SMILES string of the molecule is CN=C(NCC1(Cc2ccccc2)CC1)NC1CCN(CCOC)CC1.I. The molecule has 0 unspecified atom stereocenters. The van der Waals surface area contributed by atoms with E-state index in [1.54, 1.807) is 7.11 Å². The van der Waals surface area contributed by atoms with Crippen molar-refractivity contribution in [3.05, 3.63) is 35.9 Å². The van der Waals surface area contributed by atoms with Gasteiger partial charge >= 0.3 is 0 Å². The van der Waals surface area contributed by atoms with E-state index < -0.39 is 0 Å². The maximum atomic E-state index is 5.18. The van der Waals surface area contributed by atoms with Crippen LogP contribution in [0.15, 0.2) is 35.3 Å². The molecule has 0 radical (unpaired) electrons. The highest BCUT2D eigenvalue weighted by Gasteiger charge is 2.42. The van der Waals surface area contributed by atoms with Crippen molar-refractivity contribution in [2.24, 2.45) is 10.4 Å². The molecule has 152 valence electrons. The largest absolute Gasteiger partial charge is 0.383 e. The number of ether oxygens (including phenoxy) is 1. The molecular formula is C21H35IN4O. The van der Waals surface area contributed by atoms with Crippen LogP contribution in [-0.2, 0) is 11.2 Å². The molecule has 0 bridgehead atoms. The van der Waals surface area contributed by atoms with Crippen molar-refractivity contribution < 1.29 is 4.74 Å². The van der Waals surface area contributed by atoms with E-state index in [0.717, 1.165) is 45.2 Å². The average Bonchev–Trinajstić information content (AvgIpc) is 3.45. The Kier molecular flexibility index (Phi) is 9.32. The fourth-order valence-electron chi connectivity index (χ4n) is 3.80. The zero-order valence-electron chi connectivity index (χ0n) is 16.7. The van der Waals surface area contributed by atoms with Crippen LogP contribution in [0, 0.1) is 5.41 Å². The first-order chi connectivity index (χ1) is 12.7. The fraction of sp³-hybridized carbons (Fsp3) is 0.667. The summed E-state index contributed by atoms with van der Waals surface area (Å²) in [5.41, 5.74) is 1.86. The van der Waals surface area contributed by atoms with Crippen LogP contribution in [0.25, 0.3) is 0 Å². The summed E-state index contributed by atoms with van der Waals surface area (Å²) >= 11 is 0. The summed E-state index contributed by atoms with van der Waals surface area (Å²) in [5, 5.41) is 7.22. The van der Waals surface area contributed by atoms with Crippen molar-refractivity contribution >= 4 is 29.9 Å². The Hall–Kier alpha value is -0.860. The smallest absolute Gasteiger partial charge is 0.191 e. The number of hydrogen-bond donors (Lipinski definition) is 2. The Bertz CT molecular complexity index is 569. The van der Waals surface area contributed by atoms with Gasteiger partial charge in [0, 0.05) is 46.4 Å². The molecule has 1 aliphatic heterocycles. The number of piperidine rings is 1. The molecule has 2 N–H and O–H groups in total. The zero-order chi connectivity index (χ0) is 18.2. The molecule has 5 nitrogen and oxygen atoms in total. The minimum absolute atomic E-state index is 0. The van der Waals surface area contributed by atoms with Crippen molar-refractivity contribution in [3.63, 3.8) is 0 Å². The number of aliphatic imine (C=N–C) groups is 1. The Labute approximate surface area is 181 Å². The predicted octanol–water partition coefficient (Wildman–Crippen LogP) is 2.90. The van der Waals surface area contributed by atoms with Crippen molar-refractivity contribution in [3.8, 4) is 0 Å². The van der Waals surface area contributed by atoms with Crippen LogP contribution < -0.4 is 10.6 Å². The van der Waals surface area contributed by atoms with Crippen LogP contribution in [0.4, 0.5) is 0 Å². The summed E-state index contributed by atoms with van der Waals surface area (Å²) in [6.07, 6.45) is 6.11. The lowest BCUT2D eigenvalue weighted by atomic mass is 9.96. The Morgan fingerprint density at radius 2 is 1.93 bits per heavy atom. The van der Waals surface area contributed by atoms with Gasteiger partial charge in [-0.25, -0.2) is 0 Å². The van der Waals surface area contributed by atoms with Gasteiger partial charge in [-0.2, -0.15) is 0 Å². The molecule has 27 heavy (non-hydrogen) atoms. The molecule has 1 aromatic carbocycles. The number of guanidine groups is 1. The van der Waals surface area contributed by atoms with Gasteiger partial charge in [-0.05, 0) is 43.1 Å². The Morgan fingerprint density at radius 3 is 2.52 bits per heavy atom. The molecule has 0 spiro atoms. The number of likely N-dealkylation sites (tertiary alicyclic amines) is 1. The van der Waals surface area contributed by atoms with Crippen molar-refractivity contribution in [2.75, 3.05) is 46.9 Å². The Morgan fingerprint density at radius 1 is 1.22 bits per heavy atom. The minimum Gasteiger partial charge on any atom is -0.383 e. The standard InChI is InChI=1S/C21H34N4O.HI/c1-22-20(24-19-8-12-25(13-9-19)14-15-26-2)23-17-21(10-11-21)16-18-6-4-3-5-7-18;/h3-7,19H,8-17H2,1-2H3,(H2,22,23,24);1H. The number of hydrogen-bond acceptors (Lipinski definition) is 3. The van der Waals surface area contributed by atoms with Gasteiger partial charge in [-0.15, -0.1) is 24.0 Å². The molecule has 0 amide bonds. The van der Waals surface area contributed by atoms with Gasteiger partial charge in [-0.1, -0.05) is 30.3 Å². The molecule has 0 aromatic heterocycles. The van der Waals surface area contributed by atoms with E-state index in [1.807, 2.05) is 7.05 Å². The summed E-state index contributed by atoms with van der Waals surface area (Å²) in [7, 11) is 3.65. The number of rotatable bonds is 8. The molecule has 1 heterocycles. The van der Waals surface area contributed by atoms with Crippen LogP contribution >= 0.6 is 24.0 Å². The molecule has 1 aliphatic carbocycles. The fourth-order valence-corrected chi connectivity index (χ4v) is 3.80. The first-order valence-electron chi connectivity index (χ1n) is 9.95. The lowest BCUT2D eigenvalue weighted by Gasteiger charge is -2.33. The number of methoxy groups -OCH3 is 1. The highest BCUT2D eigenvalue weighted by Crippen LogP contribution is 2.47. The highest BCUT2D eigenvalue weighted by molar-refractivity contribution is 14.0. The van der Waals surface area contributed by atoms with Crippen LogP contribution in [0.2, 0.25) is 0 Å². The molecular weight excluding hydrogens is 451 g/mol. The third kappa shape index (κ3) is 7.23. The predicted molar refractivity (Wildman–Crippen MR) is 123 cm³/mol. The number of nitrogens with zero attached hydrogens (tertiary/aromatic N) is 2. The van der Waals surface area contributed by atoms with Crippen LogP contribution in [-0.4, -0.2) is 63.8 Å². The second-order valence-electron chi connectivity index (χ2n) is 7.84. The third-order valence-corrected chi connectivity index (χ3v) is 5.77. The van der Waals surface area contributed by atoms with Crippen molar-refractivity contribution in [1.82, 2.24) is 15.5 Å². The Balaban J connectivity index is 0.00000261. The van der Waals surface area contributed by atoms with E-state index >= 15 is 0 Å². The average molecular weight is 486 g/mol. The molecule has 3 rings (SSSR count). The van der Waals surface area contributed by atoms with Crippen molar-refractivity contribution in [2.45, 2.75) is 38.1 Å². The molecule has 0 atom stereocenters. The molecule has 6 heteroatoms. The number of halogens is 1. The van der Waals surface area contributed by atoms with E-state index in [1.165, 1.54) is 31.2 Å². The molecule has 1 saturated heterocycles. The quantitative estimate of drug-likeness (QED) is 0.337. The van der Waals surface area contributed by atoms with Crippen molar-refractivity contribution in [1.29, 1.82) is 0 Å². The highest BCUT2D eigenvalue weighted by atomic mass is 127. The minimum atomic E-state index is 0. The van der Waals surface area contributed by atoms with Gasteiger partial charge in [0.15, 0.2) is 5.96 Å². The first kappa shape index (κ1) is 22.4. The summed E-state index contributed by atoms with van der Waals surface area (Å²) in [5.74, 6) is 0.958. The normalized spacial score (nSPS) is 20.0. The second-order valence-corrected chi connectivity index (χ2v) is 7.84. The van der Waals surface area contributed by atoms with Crippen LogP contribution in [0.5, 0.6) is 0 Å². The van der Waals surface area contributed by atoms with Gasteiger partial charge in [0.1, 0.15) is 0 Å². The van der Waals surface area contributed by atoms with E-state index in [2.05, 4.69) is 50.9 Å².